The summed E-state index contributed by atoms with van der Waals surface area (Å²) in [7, 11) is -2.48. The molecule has 2 amide bonds. The fraction of sp³-hybridized carbons (Fsp3) is 0.192. The van der Waals surface area contributed by atoms with Crippen LogP contribution in [0.15, 0.2) is 78.1 Å². The maximum absolute atomic E-state index is 13.6. The van der Waals surface area contributed by atoms with Crippen LogP contribution in [0.4, 0.5) is 10.5 Å². The Morgan fingerprint density at radius 2 is 1.86 bits per heavy atom. The number of nitrogens with zero attached hydrogens (tertiary/aromatic N) is 2. The van der Waals surface area contributed by atoms with Gasteiger partial charge in [0, 0.05) is 55.3 Å². The molecular formula is C26H26N4O6S. The van der Waals surface area contributed by atoms with Crippen molar-refractivity contribution in [1.29, 1.82) is 0 Å². The number of rotatable bonds is 10. The van der Waals surface area contributed by atoms with Crippen molar-refractivity contribution in [1.82, 2.24) is 14.3 Å². The minimum Gasteiger partial charge on any atom is -0.481 e. The molecule has 0 aliphatic heterocycles. The molecule has 0 radical (unpaired) electrons. The summed E-state index contributed by atoms with van der Waals surface area (Å²) < 4.78 is 33.2. The van der Waals surface area contributed by atoms with Gasteiger partial charge in [-0.15, -0.1) is 0 Å². The smallest absolute Gasteiger partial charge is 0.319 e. The number of methoxy groups -OCH3 is 1. The van der Waals surface area contributed by atoms with Crippen molar-refractivity contribution in [3.05, 3.63) is 78.8 Å². The van der Waals surface area contributed by atoms with Gasteiger partial charge in [0.15, 0.2) is 0 Å². The van der Waals surface area contributed by atoms with E-state index in [4.69, 9.17) is 4.74 Å². The molecule has 0 spiro atoms. The number of carbonyl (C=O) groups is 2. The summed E-state index contributed by atoms with van der Waals surface area (Å²) in [4.78, 5) is 27.3. The Hall–Kier alpha value is -4.22. The van der Waals surface area contributed by atoms with E-state index in [-0.39, 0.29) is 17.7 Å². The van der Waals surface area contributed by atoms with Crippen LogP contribution in [0, 0.1) is 0 Å². The van der Waals surface area contributed by atoms with Crippen molar-refractivity contribution in [2.45, 2.75) is 17.7 Å². The number of aliphatic carboxylic acids is 1. The van der Waals surface area contributed by atoms with Gasteiger partial charge in [0.05, 0.1) is 17.0 Å². The second kappa shape index (κ2) is 11.2. The van der Waals surface area contributed by atoms with E-state index >= 15 is 0 Å². The highest BCUT2D eigenvalue weighted by Crippen LogP contribution is 2.31. The highest BCUT2D eigenvalue weighted by Gasteiger charge is 2.22. The second-order valence-electron chi connectivity index (χ2n) is 8.22. The minimum atomic E-state index is -4.01. The quantitative estimate of drug-likeness (QED) is 0.270. The van der Waals surface area contributed by atoms with Crippen LogP contribution in [0.2, 0.25) is 0 Å². The van der Waals surface area contributed by atoms with Gasteiger partial charge in [0.1, 0.15) is 0 Å². The number of ether oxygens (including phenoxy) is 1. The van der Waals surface area contributed by atoms with Crippen molar-refractivity contribution in [2.75, 3.05) is 25.6 Å². The maximum atomic E-state index is 13.6. The summed E-state index contributed by atoms with van der Waals surface area (Å²) in [6.07, 6.45) is 4.89. The maximum Gasteiger partial charge on any atom is 0.319 e. The summed E-state index contributed by atoms with van der Waals surface area (Å²) in [6.45, 7) is 0.704. The molecule has 0 saturated carbocycles. The average molecular weight is 523 g/mol. The fourth-order valence-electron chi connectivity index (χ4n) is 3.88. The summed E-state index contributed by atoms with van der Waals surface area (Å²) in [5.41, 5.74) is 3.17. The number of urea groups is 1. The first-order valence-corrected chi connectivity index (χ1v) is 12.9. The van der Waals surface area contributed by atoms with E-state index in [0.29, 0.717) is 35.3 Å². The van der Waals surface area contributed by atoms with Crippen molar-refractivity contribution >= 4 is 38.6 Å². The first-order chi connectivity index (χ1) is 17.8. The van der Waals surface area contributed by atoms with Gasteiger partial charge >= 0.3 is 12.0 Å². The Labute approximate surface area is 214 Å². The van der Waals surface area contributed by atoms with Gasteiger partial charge in [-0.25, -0.2) is 17.2 Å². The summed E-state index contributed by atoms with van der Waals surface area (Å²) >= 11 is 0. The topological polar surface area (TPSA) is 140 Å². The van der Waals surface area contributed by atoms with Gasteiger partial charge in [-0.3, -0.25) is 9.78 Å². The number of amides is 2. The predicted octanol–water partition coefficient (Wildman–Crippen LogP) is 3.73. The Kier molecular flexibility index (Phi) is 7.85. The monoisotopic (exact) mass is 522 g/mol. The summed E-state index contributed by atoms with van der Waals surface area (Å²) in [6, 6.07) is 14.5. The van der Waals surface area contributed by atoms with E-state index in [1.165, 1.54) is 41.5 Å². The Balaban J connectivity index is 1.67. The van der Waals surface area contributed by atoms with Gasteiger partial charge in [-0.1, -0.05) is 12.1 Å². The number of aryl methyl sites for hydroxylation is 1. The number of carboxylic acids is 1. The van der Waals surface area contributed by atoms with Crippen LogP contribution in [0.1, 0.15) is 12.0 Å². The number of hydrogen-bond acceptors (Lipinski definition) is 6. The lowest BCUT2D eigenvalue weighted by molar-refractivity contribution is -0.136. The van der Waals surface area contributed by atoms with Crippen molar-refractivity contribution in [3.8, 4) is 11.1 Å². The summed E-state index contributed by atoms with van der Waals surface area (Å²) in [5, 5.41) is 15.1. The molecule has 2 aromatic carbocycles. The molecule has 0 fully saturated rings. The number of benzene rings is 2. The molecule has 0 bridgehead atoms. The molecule has 2 heterocycles. The number of fused-ring (bicyclic) bond motifs is 1. The largest absolute Gasteiger partial charge is 0.481 e. The zero-order valence-corrected chi connectivity index (χ0v) is 20.9. The SMILES string of the molecule is COCCNC(=O)Nc1ccc(S(=O)(=O)n2cc(CCC(=O)O)c3cc(-c4cccnc4)ccc32)cc1. The number of aromatic nitrogens is 2. The first kappa shape index (κ1) is 25.9. The molecule has 37 heavy (non-hydrogen) atoms. The van der Waals surface area contributed by atoms with Gasteiger partial charge in [-0.2, -0.15) is 0 Å². The molecule has 10 nitrogen and oxygen atoms in total. The third-order valence-corrected chi connectivity index (χ3v) is 7.40. The lowest BCUT2D eigenvalue weighted by Crippen LogP contribution is -2.31. The van der Waals surface area contributed by atoms with Crippen LogP contribution in [-0.4, -0.2) is 54.7 Å². The van der Waals surface area contributed by atoms with E-state index in [9.17, 15) is 23.1 Å². The Morgan fingerprint density at radius 1 is 1.08 bits per heavy atom. The average Bonchev–Trinajstić information content (AvgIpc) is 3.27. The van der Waals surface area contributed by atoms with E-state index < -0.39 is 22.0 Å². The molecule has 192 valence electrons. The van der Waals surface area contributed by atoms with E-state index in [0.717, 1.165) is 11.1 Å². The Bertz CT molecular complexity index is 1520. The highest BCUT2D eigenvalue weighted by atomic mass is 32.2. The van der Waals surface area contributed by atoms with Crippen LogP contribution in [-0.2, 0) is 26.0 Å². The van der Waals surface area contributed by atoms with Crippen molar-refractivity contribution in [3.63, 3.8) is 0 Å². The predicted molar refractivity (Wildman–Crippen MR) is 139 cm³/mol. The molecule has 0 aliphatic carbocycles. The van der Waals surface area contributed by atoms with Crippen molar-refractivity contribution < 1.29 is 27.9 Å². The first-order valence-electron chi connectivity index (χ1n) is 11.4. The fourth-order valence-corrected chi connectivity index (χ4v) is 5.28. The summed E-state index contributed by atoms with van der Waals surface area (Å²) in [5.74, 6) is -0.971. The third-order valence-electron chi connectivity index (χ3n) is 5.72. The van der Waals surface area contributed by atoms with Gasteiger partial charge < -0.3 is 20.5 Å². The minimum absolute atomic E-state index is 0.0239. The number of pyridine rings is 1. The lowest BCUT2D eigenvalue weighted by Gasteiger charge is -2.10. The molecule has 0 unspecified atom stereocenters. The molecule has 0 aliphatic rings. The lowest BCUT2D eigenvalue weighted by atomic mass is 10.0. The second-order valence-corrected chi connectivity index (χ2v) is 10.0. The van der Waals surface area contributed by atoms with Gasteiger partial charge in [0.25, 0.3) is 10.0 Å². The highest BCUT2D eigenvalue weighted by molar-refractivity contribution is 7.90. The van der Waals surface area contributed by atoms with Crippen molar-refractivity contribution in [2.24, 2.45) is 0 Å². The number of hydrogen-bond donors (Lipinski definition) is 3. The standard InChI is InChI=1S/C26H26N4O6S/c1-36-14-13-28-26(33)29-21-6-8-22(9-7-21)37(34,35)30-17-20(5-11-25(31)32)23-15-18(4-10-24(23)30)19-3-2-12-27-16-19/h2-4,6-10,12,15-17H,5,11,13-14H2,1H3,(H,31,32)(H2,28,29,33). The third kappa shape index (κ3) is 5.96. The Morgan fingerprint density at radius 3 is 2.54 bits per heavy atom. The molecule has 0 atom stereocenters. The van der Waals surface area contributed by atoms with E-state index in [1.54, 1.807) is 18.5 Å². The molecule has 4 rings (SSSR count). The molecule has 0 saturated heterocycles. The van der Waals surface area contributed by atoms with E-state index in [1.807, 2.05) is 24.3 Å². The number of nitrogens with one attached hydrogen (secondary N) is 2. The number of anilines is 1. The zero-order chi connectivity index (χ0) is 26.4. The molecule has 4 aromatic rings. The molecule has 3 N–H and O–H groups in total. The van der Waals surface area contributed by atoms with Crippen LogP contribution in [0.5, 0.6) is 0 Å². The normalized spacial score (nSPS) is 11.4. The molecule has 11 heteroatoms. The van der Waals surface area contributed by atoms with Crippen LogP contribution in [0.25, 0.3) is 22.0 Å². The van der Waals surface area contributed by atoms with Crippen LogP contribution < -0.4 is 10.6 Å². The number of carbonyl (C=O) groups excluding carboxylic acids is 1. The molecule has 2 aromatic heterocycles. The van der Waals surface area contributed by atoms with Crippen LogP contribution >= 0.6 is 0 Å². The van der Waals surface area contributed by atoms with Gasteiger partial charge in [0.2, 0.25) is 0 Å². The van der Waals surface area contributed by atoms with Gasteiger partial charge in [-0.05, 0) is 60.0 Å². The van der Waals surface area contributed by atoms with Crippen LogP contribution in [0.3, 0.4) is 0 Å². The number of carboxylic acid groups (broad SMARTS) is 1. The zero-order valence-electron chi connectivity index (χ0n) is 20.0. The molecular weight excluding hydrogens is 496 g/mol. The van der Waals surface area contributed by atoms with E-state index in [2.05, 4.69) is 15.6 Å².